The predicted octanol–water partition coefficient (Wildman–Crippen LogP) is 2.35. The van der Waals surface area contributed by atoms with Gasteiger partial charge in [-0.15, -0.1) is 0 Å². The Morgan fingerprint density at radius 2 is 2.37 bits per heavy atom. The van der Waals surface area contributed by atoms with Crippen LogP contribution in [0.25, 0.3) is 5.52 Å². The first-order valence-corrected chi connectivity index (χ1v) is 6.91. The number of imidazole rings is 1. The monoisotopic (exact) mass is 324 g/mol. The first-order chi connectivity index (χ1) is 9.16. The second kappa shape index (κ2) is 4.80. The Labute approximate surface area is 118 Å². The molecule has 2 aromatic rings. The van der Waals surface area contributed by atoms with Gasteiger partial charge in [0, 0.05) is 31.4 Å². The molecule has 2 aromatic heterocycles. The quantitative estimate of drug-likeness (QED) is 0.874. The van der Waals surface area contributed by atoms with Crippen LogP contribution in [0.15, 0.2) is 23.2 Å². The number of fused-ring (bicyclic) bond motifs is 1. The molecule has 3 rings (SSSR count). The second-order valence-electron chi connectivity index (χ2n) is 4.66. The van der Waals surface area contributed by atoms with E-state index in [1.54, 1.807) is 12.4 Å². The molecule has 1 unspecified atom stereocenters. The number of amides is 1. The van der Waals surface area contributed by atoms with Gasteiger partial charge in [-0.1, -0.05) is 0 Å². The van der Waals surface area contributed by atoms with E-state index >= 15 is 0 Å². The molecular formula is C12H13BrN4O2. The summed E-state index contributed by atoms with van der Waals surface area (Å²) in [7, 11) is 0. The maximum absolute atomic E-state index is 11.1. The summed E-state index contributed by atoms with van der Waals surface area (Å²) in [4.78, 5) is 21.1. The van der Waals surface area contributed by atoms with Gasteiger partial charge in [-0.25, -0.2) is 9.78 Å². The highest BCUT2D eigenvalue weighted by Crippen LogP contribution is 2.29. The van der Waals surface area contributed by atoms with Crippen molar-refractivity contribution in [2.75, 3.05) is 13.1 Å². The fourth-order valence-corrected chi connectivity index (χ4v) is 3.05. The molecule has 0 bridgehead atoms. The zero-order chi connectivity index (χ0) is 13.4. The van der Waals surface area contributed by atoms with Crippen LogP contribution in [0, 0.1) is 0 Å². The largest absolute Gasteiger partial charge is 0.465 e. The third kappa shape index (κ3) is 2.18. The zero-order valence-corrected chi connectivity index (χ0v) is 11.7. The summed E-state index contributed by atoms with van der Waals surface area (Å²) in [5.41, 5.74) is 0.907. The fourth-order valence-electron chi connectivity index (χ4n) is 2.58. The van der Waals surface area contributed by atoms with E-state index < -0.39 is 6.09 Å². The van der Waals surface area contributed by atoms with Crippen molar-refractivity contribution in [3.05, 3.63) is 29.0 Å². The number of piperidine rings is 1. The topological polar surface area (TPSA) is 70.7 Å². The minimum absolute atomic E-state index is 0.131. The number of hydrogen-bond donors (Lipinski definition) is 1. The molecule has 1 saturated heterocycles. The van der Waals surface area contributed by atoms with Crippen LogP contribution >= 0.6 is 15.9 Å². The maximum atomic E-state index is 11.1. The molecule has 7 heteroatoms. The van der Waals surface area contributed by atoms with Gasteiger partial charge in [0.2, 0.25) is 0 Å². The molecule has 3 heterocycles. The van der Waals surface area contributed by atoms with Gasteiger partial charge in [-0.2, -0.15) is 0 Å². The molecule has 0 saturated carbocycles. The van der Waals surface area contributed by atoms with Crippen molar-refractivity contribution in [1.29, 1.82) is 0 Å². The van der Waals surface area contributed by atoms with E-state index in [0.717, 1.165) is 28.8 Å². The molecule has 1 aliphatic heterocycles. The van der Waals surface area contributed by atoms with E-state index in [1.807, 2.05) is 10.6 Å². The molecule has 0 radical (unpaired) electrons. The highest BCUT2D eigenvalue weighted by Gasteiger charge is 2.27. The molecular weight excluding hydrogens is 312 g/mol. The van der Waals surface area contributed by atoms with Crippen molar-refractivity contribution in [3.8, 4) is 0 Å². The molecule has 19 heavy (non-hydrogen) atoms. The van der Waals surface area contributed by atoms with Crippen molar-refractivity contribution in [3.63, 3.8) is 0 Å². The highest BCUT2D eigenvalue weighted by molar-refractivity contribution is 9.10. The molecule has 1 amide bonds. The van der Waals surface area contributed by atoms with Crippen LogP contribution in [-0.4, -0.2) is 43.6 Å². The number of nitrogens with zero attached hydrogens (tertiary/aromatic N) is 4. The lowest BCUT2D eigenvalue weighted by atomic mass is 9.97. The first kappa shape index (κ1) is 12.4. The average Bonchev–Trinajstić information content (AvgIpc) is 2.77. The van der Waals surface area contributed by atoms with Crippen LogP contribution in [0.5, 0.6) is 0 Å². The Bertz CT molecular complexity index is 627. The summed E-state index contributed by atoms with van der Waals surface area (Å²) in [6, 6.07) is 0. The number of likely N-dealkylation sites (tertiary alicyclic amines) is 1. The van der Waals surface area contributed by atoms with E-state index in [2.05, 4.69) is 25.9 Å². The van der Waals surface area contributed by atoms with Crippen LogP contribution in [-0.2, 0) is 0 Å². The molecule has 100 valence electrons. The van der Waals surface area contributed by atoms with Gasteiger partial charge in [0.05, 0.1) is 11.7 Å². The number of carboxylic acid groups (broad SMARTS) is 1. The molecule has 0 spiro atoms. The van der Waals surface area contributed by atoms with Crippen LogP contribution in [0.2, 0.25) is 0 Å². The van der Waals surface area contributed by atoms with Crippen molar-refractivity contribution in [2.24, 2.45) is 0 Å². The van der Waals surface area contributed by atoms with Gasteiger partial charge < -0.3 is 10.0 Å². The molecule has 1 atom stereocenters. The van der Waals surface area contributed by atoms with Crippen molar-refractivity contribution >= 4 is 27.5 Å². The molecule has 6 nitrogen and oxygen atoms in total. The normalized spacial score (nSPS) is 19.8. The second-order valence-corrected chi connectivity index (χ2v) is 5.41. The van der Waals surface area contributed by atoms with Gasteiger partial charge >= 0.3 is 6.09 Å². The van der Waals surface area contributed by atoms with Crippen LogP contribution in [0.3, 0.4) is 0 Å². The van der Waals surface area contributed by atoms with E-state index in [-0.39, 0.29) is 5.92 Å². The minimum atomic E-state index is -0.855. The Kier molecular flexibility index (Phi) is 3.14. The number of aromatic nitrogens is 3. The summed E-state index contributed by atoms with van der Waals surface area (Å²) in [5, 5.41) is 9.10. The molecule has 1 N–H and O–H groups in total. The summed E-state index contributed by atoms with van der Waals surface area (Å²) < 4.78 is 2.73. The molecule has 1 fully saturated rings. The predicted molar refractivity (Wildman–Crippen MR) is 72.3 cm³/mol. The van der Waals surface area contributed by atoms with E-state index in [1.165, 1.54) is 4.90 Å². The third-order valence-corrected chi connectivity index (χ3v) is 4.07. The van der Waals surface area contributed by atoms with Crippen molar-refractivity contribution < 1.29 is 9.90 Å². The Balaban J connectivity index is 1.98. The molecule has 1 aliphatic rings. The third-order valence-electron chi connectivity index (χ3n) is 3.49. The van der Waals surface area contributed by atoms with Gasteiger partial charge in [0.25, 0.3) is 0 Å². The molecule has 0 aromatic carbocycles. The standard InChI is InChI=1S/C12H13BrN4O2/c13-10-9-6-14-3-5-17(9)11(15-10)8-2-1-4-16(7-8)12(18)19/h3,5-6,8H,1-2,4,7H2,(H,18,19). The van der Waals surface area contributed by atoms with Gasteiger partial charge in [-0.3, -0.25) is 9.38 Å². The number of halogens is 1. The number of hydrogen-bond acceptors (Lipinski definition) is 3. The summed E-state index contributed by atoms with van der Waals surface area (Å²) in [5.74, 6) is 1.03. The van der Waals surface area contributed by atoms with Gasteiger partial charge in [-0.05, 0) is 28.8 Å². The lowest BCUT2D eigenvalue weighted by molar-refractivity contribution is 0.129. The Morgan fingerprint density at radius 1 is 1.53 bits per heavy atom. The van der Waals surface area contributed by atoms with Crippen LogP contribution < -0.4 is 0 Å². The van der Waals surface area contributed by atoms with Crippen molar-refractivity contribution in [1.82, 2.24) is 19.3 Å². The van der Waals surface area contributed by atoms with E-state index in [4.69, 9.17) is 5.11 Å². The van der Waals surface area contributed by atoms with Crippen molar-refractivity contribution in [2.45, 2.75) is 18.8 Å². The number of rotatable bonds is 1. The zero-order valence-electron chi connectivity index (χ0n) is 10.2. The first-order valence-electron chi connectivity index (χ1n) is 6.12. The van der Waals surface area contributed by atoms with Gasteiger partial charge in [0.1, 0.15) is 10.4 Å². The van der Waals surface area contributed by atoms with E-state index in [0.29, 0.717) is 13.1 Å². The molecule has 0 aliphatic carbocycles. The average molecular weight is 325 g/mol. The smallest absolute Gasteiger partial charge is 0.407 e. The Morgan fingerprint density at radius 3 is 3.16 bits per heavy atom. The fraction of sp³-hybridized carbons (Fsp3) is 0.417. The summed E-state index contributed by atoms with van der Waals surface area (Å²) in [6.07, 6.45) is 6.29. The minimum Gasteiger partial charge on any atom is -0.465 e. The van der Waals surface area contributed by atoms with E-state index in [9.17, 15) is 4.79 Å². The summed E-state index contributed by atoms with van der Waals surface area (Å²) >= 11 is 3.43. The van der Waals surface area contributed by atoms with Gasteiger partial charge in [0.15, 0.2) is 0 Å². The number of carbonyl (C=O) groups is 1. The Hall–Kier alpha value is -1.63. The highest BCUT2D eigenvalue weighted by atomic mass is 79.9. The maximum Gasteiger partial charge on any atom is 0.407 e. The SMILES string of the molecule is O=C(O)N1CCCC(c2nc(Br)c3cnccn23)C1. The van der Waals surface area contributed by atoms with Crippen LogP contribution in [0.4, 0.5) is 4.79 Å². The summed E-state index contributed by atoms with van der Waals surface area (Å²) in [6.45, 7) is 1.11. The van der Waals surface area contributed by atoms with Crippen LogP contribution in [0.1, 0.15) is 24.6 Å². The lowest BCUT2D eigenvalue weighted by Crippen LogP contribution is -2.38. The lowest BCUT2D eigenvalue weighted by Gasteiger charge is -2.29.